The number of pyridine rings is 1. The van der Waals surface area contributed by atoms with Crippen LogP contribution in [0.3, 0.4) is 0 Å². The molecule has 0 unspecified atom stereocenters. The molecule has 2 aromatic rings. The number of likely N-dealkylation sites (tertiary alicyclic amines) is 1. The quantitative estimate of drug-likeness (QED) is 0.615. The maximum absolute atomic E-state index is 12.6. The van der Waals surface area contributed by atoms with Crippen molar-refractivity contribution in [2.24, 2.45) is 0 Å². The van der Waals surface area contributed by atoms with Crippen molar-refractivity contribution in [1.82, 2.24) is 15.2 Å². The predicted octanol–water partition coefficient (Wildman–Crippen LogP) is 0.912. The Labute approximate surface area is 165 Å². The molecule has 2 heterocycles. The average molecular weight is 390 g/mol. The highest BCUT2D eigenvalue weighted by atomic mass is 32.1. The first kappa shape index (κ1) is 19.6. The molecule has 0 spiro atoms. The second-order valence-corrected chi connectivity index (χ2v) is 7.38. The van der Waals surface area contributed by atoms with Gasteiger partial charge in [-0.05, 0) is 43.4 Å². The normalized spacial score (nSPS) is 14.4. The summed E-state index contributed by atoms with van der Waals surface area (Å²) < 4.78 is 5.58. The van der Waals surface area contributed by atoms with Crippen LogP contribution >= 0.6 is 12.2 Å². The van der Waals surface area contributed by atoms with E-state index in [0.717, 1.165) is 29.7 Å². The van der Waals surface area contributed by atoms with E-state index in [4.69, 9.17) is 17.0 Å². The van der Waals surface area contributed by atoms with Crippen LogP contribution in [0.2, 0.25) is 0 Å². The van der Waals surface area contributed by atoms with E-state index in [9.17, 15) is 4.79 Å². The monoisotopic (exact) mass is 389 g/mol. The van der Waals surface area contributed by atoms with Crippen LogP contribution in [0, 0.1) is 0 Å². The summed E-state index contributed by atoms with van der Waals surface area (Å²) in [5.74, 6) is 0.809. The summed E-state index contributed by atoms with van der Waals surface area (Å²) in [7, 11) is 1.83. The third kappa shape index (κ3) is 4.99. The van der Waals surface area contributed by atoms with Gasteiger partial charge in [-0.15, -0.1) is 0 Å². The van der Waals surface area contributed by atoms with Gasteiger partial charge in [0, 0.05) is 36.4 Å². The van der Waals surface area contributed by atoms with Crippen LogP contribution in [-0.2, 0) is 6.54 Å². The predicted molar refractivity (Wildman–Crippen MR) is 113 cm³/mol. The van der Waals surface area contributed by atoms with Crippen molar-refractivity contribution in [3.05, 3.63) is 40.2 Å². The lowest BCUT2D eigenvalue weighted by molar-refractivity contribution is -0.886. The van der Waals surface area contributed by atoms with Crippen molar-refractivity contribution in [3.8, 4) is 5.75 Å². The van der Waals surface area contributed by atoms with Crippen LogP contribution < -0.4 is 20.5 Å². The van der Waals surface area contributed by atoms with Crippen LogP contribution in [0.25, 0.3) is 10.9 Å². The van der Waals surface area contributed by atoms with E-state index in [1.165, 1.54) is 25.9 Å². The number of H-pyrrole nitrogens is 1. The first-order chi connectivity index (χ1) is 13.1. The number of fused-ring (bicyclic) bond motifs is 1. The van der Waals surface area contributed by atoms with Gasteiger partial charge in [0.25, 0.3) is 5.56 Å². The summed E-state index contributed by atoms with van der Waals surface area (Å²) in [6.45, 7) is 7.42. The Kier molecular flexibility index (Phi) is 6.68. The Hall–Kier alpha value is -2.12. The standard InChI is InChI=1S/C20H28N4O2S/c1-3-26-17-6-7-18-15(13-17)12-16(19(25)22-18)14-24(20(27)21-2)11-10-23-8-4-5-9-23/h6-7,12-13H,3-5,8-11,14H2,1-2H3,(H,21,27)(H,22,25)/p+1. The summed E-state index contributed by atoms with van der Waals surface area (Å²) in [5.41, 5.74) is 1.46. The molecule has 1 aromatic carbocycles. The van der Waals surface area contributed by atoms with Gasteiger partial charge in [0.2, 0.25) is 0 Å². The third-order valence-electron chi connectivity index (χ3n) is 5.11. The number of ether oxygens (including phenoxy) is 1. The van der Waals surface area contributed by atoms with Crippen molar-refractivity contribution >= 4 is 28.2 Å². The summed E-state index contributed by atoms with van der Waals surface area (Å²) in [4.78, 5) is 19.3. The Balaban J connectivity index is 1.80. The van der Waals surface area contributed by atoms with E-state index < -0.39 is 0 Å². The highest BCUT2D eigenvalue weighted by molar-refractivity contribution is 7.80. The van der Waals surface area contributed by atoms with E-state index in [-0.39, 0.29) is 5.56 Å². The Morgan fingerprint density at radius 1 is 1.33 bits per heavy atom. The first-order valence-electron chi connectivity index (χ1n) is 9.69. The lowest BCUT2D eigenvalue weighted by Crippen LogP contribution is -3.10. The Bertz CT molecular complexity index is 845. The molecule has 7 heteroatoms. The largest absolute Gasteiger partial charge is 0.494 e. The van der Waals surface area contributed by atoms with E-state index in [1.807, 2.05) is 38.2 Å². The minimum absolute atomic E-state index is 0.0657. The van der Waals surface area contributed by atoms with Gasteiger partial charge in [-0.25, -0.2) is 0 Å². The van der Waals surface area contributed by atoms with Gasteiger partial charge in [0.15, 0.2) is 5.11 Å². The van der Waals surface area contributed by atoms with Crippen LogP contribution in [0.1, 0.15) is 25.3 Å². The summed E-state index contributed by atoms with van der Waals surface area (Å²) in [6.07, 6.45) is 2.61. The number of quaternary nitrogens is 1. The molecule has 3 N–H and O–H groups in total. The molecule has 146 valence electrons. The molecule has 0 bridgehead atoms. The Morgan fingerprint density at radius 3 is 2.81 bits per heavy atom. The molecule has 1 aliphatic heterocycles. The second kappa shape index (κ2) is 9.19. The highest BCUT2D eigenvalue weighted by Gasteiger charge is 2.18. The summed E-state index contributed by atoms with van der Waals surface area (Å²) in [5, 5.41) is 4.70. The zero-order valence-electron chi connectivity index (χ0n) is 16.1. The Morgan fingerprint density at radius 2 is 2.11 bits per heavy atom. The zero-order valence-corrected chi connectivity index (χ0v) is 17.0. The smallest absolute Gasteiger partial charge is 0.253 e. The molecule has 1 saturated heterocycles. The number of nitrogens with one attached hydrogen (secondary N) is 3. The van der Waals surface area contributed by atoms with Crippen molar-refractivity contribution in [2.75, 3.05) is 39.8 Å². The number of hydrogen-bond acceptors (Lipinski definition) is 3. The van der Waals surface area contributed by atoms with E-state index in [0.29, 0.717) is 23.8 Å². The lowest BCUT2D eigenvalue weighted by Gasteiger charge is -2.26. The number of nitrogens with zero attached hydrogens (tertiary/aromatic N) is 1. The van der Waals surface area contributed by atoms with E-state index >= 15 is 0 Å². The zero-order chi connectivity index (χ0) is 19.2. The molecule has 0 saturated carbocycles. The third-order valence-corrected chi connectivity index (χ3v) is 5.57. The van der Waals surface area contributed by atoms with Crippen LogP contribution in [0.15, 0.2) is 29.1 Å². The molecule has 1 fully saturated rings. The number of aromatic amines is 1. The number of rotatable bonds is 7. The number of benzene rings is 1. The second-order valence-electron chi connectivity index (χ2n) is 6.99. The summed E-state index contributed by atoms with van der Waals surface area (Å²) >= 11 is 5.48. The van der Waals surface area contributed by atoms with Gasteiger partial charge >= 0.3 is 0 Å². The van der Waals surface area contributed by atoms with Gasteiger partial charge in [-0.3, -0.25) is 4.79 Å². The minimum Gasteiger partial charge on any atom is -0.494 e. The minimum atomic E-state index is -0.0657. The maximum atomic E-state index is 12.6. The number of thiocarbonyl (C=S) groups is 1. The lowest BCUT2D eigenvalue weighted by atomic mass is 10.1. The molecule has 27 heavy (non-hydrogen) atoms. The van der Waals surface area contributed by atoms with Crippen LogP contribution in [-0.4, -0.2) is 54.8 Å². The van der Waals surface area contributed by atoms with Gasteiger partial charge in [-0.2, -0.15) is 0 Å². The first-order valence-corrected chi connectivity index (χ1v) is 10.1. The molecular weight excluding hydrogens is 360 g/mol. The molecule has 6 nitrogen and oxygen atoms in total. The fraction of sp³-hybridized carbons (Fsp3) is 0.500. The molecule has 0 atom stereocenters. The van der Waals surface area contributed by atoms with Gasteiger partial charge in [-0.1, -0.05) is 0 Å². The number of aromatic nitrogens is 1. The van der Waals surface area contributed by atoms with Crippen LogP contribution in [0.5, 0.6) is 5.75 Å². The highest BCUT2D eigenvalue weighted by Crippen LogP contribution is 2.19. The fourth-order valence-corrected chi connectivity index (χ4v) is 3.79. The SMILES string of the molecule is CCOc1ccc2[nH]c(=O)c(CN(CC[NH+]3CCCC3)C(=S)NC)cc2c1. The fourth-order valence-electron chi connectivity index (χ4n) is 3.64. The maximum Gasteiger partial charge on any atom is 0.253 e. The summed E-state index contributed by atoms with van der Waals surface area (Å²) in [6, 6.07) is 7.68. The molecule has 0 aliphatic carbocycles. The molecule has 1 aliphatic rings. The molecule has 3 rings (SSSR count). The average Bonchev–Trinajstić information content (AvgIpc) is 3.19. The van der Waals surface area contributed by atoms with Crippen molar-refractivity contribution in [3.63, 3.8) is 0 Å². The van der Waals surface area contributed by atoms with Crippen molar-refractivity contribution in [1.29, 1.82) is 0 Å². The van der Waals surface area contributed by atoms with Gasteiger partial charge < -0.3 is 24.8 Å². The van der Waals surface area contributed by atoms with E-state index in [1.54, 1.807) is 4.90 Å². The van der Waals surface area contributed by atoms with Crippen molar-refractivity contribution in [2.45, 2.75) is 26.3 Å². The van der Waals surface area contributed by atoms with Gasteiger partial charge in [0.1, 0.15) is 5.75 Å². The number of hydrogen-bond donors (Lipinski definition) is 3. The van der Waals surface area contributed by atoms with E-state index in [2.05, 4.69) is 15.2 Å². The van der Waals surface area contributed by atoms with Gasteiger partial charge in [0.05, 0.1) is 39.3 Å². The molecule has 1 aromatic heterocycles. The molecule has 0 radical (unpaired) electrons. The molecule has 0 amide bonds. The molecular formula is C20H29N4O2S+. The topological polar surface area (TPSA) is 61.8 Å². The van der Waals surface area contributed by atoms with Crippen molar-refractivity contribution < 1.29 is 9.64 Å². The van der Waals surface area contributed by atoms with Crippen LogP contribution in [0.4, 0.5) is 0 Å².